The first-order valence-corrected chi connectivity index (χ1v) is 13.1. The van der Waals surface area contributed by atoms with Crippen molar-refractivity contribution in [3.63, 3.8) is 0 Å². The molecular weight excluding hydrogens is 438 g/mol. The van der Waals surface area contributed by atoms with E-state index >= 15 is 0 Å². The van der Waals surface area contributed by atoms with Crippen LogP contribution in [0, 0.1) is 6.92 Å². The van der Waals surface area contributed by atoms with Crippen molar-refractivity contribution in [1.29, 1.82) is 0 Å². The summed E-state index contributed by atoms with van der Waals surface area (Å²) in [6, 6.07) is 15.5. The minimum atomic E-state index is -2.91. The van der Waals surface area contributed by atoms with Gasteiger partial charge in [-0.2, -0.15) is 0 Å². The van der Waals surface area contributed by atoms with Crippen molar-refractivity contribution in [1.82, 2.24) is 14.8 Å². The van der Waals surface area contributed by atoms with Gasteiger partial charge in [-0.05, 0) is 25.5 Å². The zero-order valence-corrected chi connectivity index (χ0v) is 19.4. The van der Waals surface area contributed by atoms with Crippen molar-refractivity contribution in [2.45, 2.75) is 19.4 Å². The molecule has 0 bridgehead atoms. The number of aromatic nitrogens is 1. The summed E-state index contributed by atoms with van der Waals surface area (Å²) in [6.45, 7) is 4.55. The Morgan fingerprint density at radius 3 is 2.45 bits per heavy atom. The average Bonchev–Trinajstić information content (AvgIpc) is 3.46. The predicted molar refractivity (Wildman–Crippen MR) is 127 cm³/mol. The first-order valence-electron chi connectivity index (χ1n) is 11.3. The maximum atomic E-state index is 13.4. The van der Waals surface area contributed by atoms with E-state index in [4.69, 9.17) is 4.42 Å². The standard InChI is InChI=1S/C25H27N3O4S/c1-18-6-8-19(9-7-18)23-16-26-24(32-23)21-4-2-3-5-22(21)25(29)28-13-11-27(12-14-28)20-10-15-33(30,31)17-20/h2-9,16,20H,10-15,17H2,1H3. The number of benzene rings is 2. The van der Waals surface area contributed by atoms with Gasteiger partial charge in [0.15, 0.2) is 15.6 Å². The lowest BCUT2D eigenvalue weighted by atomic mass is 10.1. The summed E-state index contributed by atoms with van der Waals surface area (Å²) < 4.78 is 29.7. The Kier molecular flexibility index (Phi) is 5.80. The molecule has 2 aliphatic rings. The van der Waals surface area contributed by atoms with Gasteiger partial charge < -0.3 is 9.32 Å². The summed E-state index contributed by atoms with van der Waals surface area (Å²) >= 11 is 0. The van der Waals surface area contributed by atoms with Gasteiger partial charge in [0.05, 0.1) is 23.3 Å². The molecule has 3 aromatic rings. The number of amides is 1. The van der Waals surface area contributed by atoms with E-state index in [0.29, 0.717) is 55.4 Å². The van der Waals surface area contributed by atoms with Crippen molar-refractivity contribution >= 4 is 15.7 Å². The van der Waals surface area contributed by atoms with Crippen LogP contribution in [0.5, 0.6) is 0 Å². The highest BCUT2D eigenvalue weighted by atomic mass is 32.2. The van der Waals surface area contributed by atoms with E-state index in [1.807, 2.05) is 60.4 Å². The van der Waals surface area contributed by atoms with Gasteiger partial charge in [0.2, 0.25) is 5.89 Å². The van der Waals surface area contributed by atoms with Gasteiger partial charge in [-0.3, -0.25) is 9.69 Å². The van der Waals surface area contributed by atoms with Crippen LogP contribution in [0.15, 0.2) is 59.1 Å². The summed E-state index contributed by atoms with van der Waals surface area (Å²) in [6.07, 6.45) is 2.38. The average molecular weight is 466 g/mol. The van der Waals surface area contributed by atoms with Crippen LogP contribution in [0.2, 0.25) is 0 Å². The van der Waals surface area contributed by atoms with Crippen molar-refractivity contribution < 1.29 is 17.6 Å². The number of carbonyl (C=O) groups excluding carboxylic acids is 1. The van der Waals surface area contributed by atoms with Crippen molar-refractivity contribution in [3.05, 3.63) is 65.9 Å². The van der Waals surface area contributed by atoms with Gasteiger partial charge in [0.25, 0.3) is 5.91 Å². The molecule has 3 heterocycles. The van der Waals surface area contributed by atoms with E-state index in [2.05, 4.69) is 9.88 Å². The van der Waals surface area contributed by atoms with Crippen molar-refractivity contribution in [3.8, 4) is 22.8 Å². The number of piperazine rings is 1. The Morgan fingerprint density at radius 1 is 1.03 bits per heavy atom. The molecule has 2 aromatic carbocycles. The molecule has 2 aliphatic heterocycles. The molecule has 0 saturated carbocycles. The van der Waals surface area contributed by atoms with Crippen LogP contribution in [-0.2, 0) is 9.84 Å². The molecule has 1 amide bonds. The van der Waals surface area contributed by atoms with Crippen LogP contribution in [0.25, 0.3) is 22.8 Å². The first kappa shape index (κ1) is 21.9. The zero-order chi connectivity index (χ0) is 23.0. The van der Waals surface area contributed by atoms with Crippen LogP contribution < -0.4 is 0 Å². The number of rotatable bonds is 4. The first-order chi connectivity index (χ1) is 15.9. The highest BCUT2D eigenvalue weighted by Gasteiger charge is 2.34. The number of oxazole rings is 1. The quantitative estimate of drug-likeness (QED) is 0.588. The third-order valence-corrected chi connectivity index (χ3v) is 8.31. The summed E-state index contributed by atoms with van der Waals surface area (Å²) in [4.78, 5) is 21.9. The molecule has 0 radical (unpaired) electrons. The second kappa shape index (κ2) is 8.76. The van der Waals surface area contributed by atoms with Crippen LogP contribution in [0.3, 0.4) is 0 Å². The molecule has 8 heteroatoms. The Hall–Kier alpha value is -2.97. The normalized spacial score (nSPS) is 20.8. The lowest BCUT2D eigenvalue weighted by Gasteiger charge is -2.37. The van der Waals surface area contributed by atoms with Gasteiger partial charge in [-0.1, -0.05) is 42.0 Å². The number of nitrogens with zero attached hydrogens (tertiary/aromatic N) is 3. The minimum absolute atomic E-state index is 0.0561. The molecular formula is C25H27N3O4S. The minimum Gasteiger partial charge on any atom is -0.436 e. The molecule has 0 N–H and O–H groups in total. The Labute approximate surface area is 194 Å². The number of hydrogen-bond acceptors (Lipinski definition) is 6. The molecule has 33 heavy (non-hydrogen) atoms. The highest BCUT2D eigenvalue weighted by molar-refractivity contribution is 7.91. The van der Waals surface area contributed by atoms with Gasteiger partial charge in [0.1, 0.15) is 0 Å². The van der Waals surface area contributed by atoms with Crippen LogP contribution in [0.4, 0.5) is 0 Å². The Morgan fingerprint density at radius 2 is 1.76 bits per heavy atom. The predicted octanol–water partition coefficient (Wildman–Crippen LogP) is 3.26. The largest absolute Gasteiger partial charge is 0.436 e. The maximum Gasteiger partial charge on any atom is 0.254 e. The molecule has 1 atom stereocenters. The fourth-order valence-corrected chi connectivity index (χ4v) is 6.39. The van der Waals surface area contributed by atoms with E-state index in [0.717, 1.165) is 5.56 Å². The summed E-state index contributed by atoms with van der Waals surface area (Å²) in [5, 5.41) is 0. The van der Waals surface area contributed by atoms with E-state index in [9.17, 15) is 13.2 Å². The SMILES string of the molecule is Cc1ccc(-c2cnc(-c3ccccc3C(=O)N3CCN(C4CCS(=O)(=O)C4)CC3)o2)cc1. The maximum absolute atomic E-state index is 13.4. The van der Waals surface area contributed by atoms with Gasteiger partial charge in [0, 0.05) is 43.3 Å². The van der Waals surface area contributed by atoms with Gasteiger partial charge in [-0.25, -0.2) is 13.4 Å². The third-order valence-electron chi connectivity index (χ3n) is 6.56. The molecule has 5 rings (SSSR count). The summed E-state index contributed by atoms with van der Waals surface area (Å²) in [5.41, 5.74) is 3.34. The van der Waals surface area contributed by atoms with E-state index in [1.54, 1.807) is 6.20 Å². The molecule has 1 aromatic heterocycles. The van der Waals surface area contributed by atoms with Crippen LogP contribution in [-0.4, -0.2) is 72.8 Å². The summed E-state index contributed by atoms with van der Waals surface area (Å²) in [7, 11) is -2.91. The zero-order valence-electron chi connectivity index (χ0n) is 18.6. The van der Waals surface area contributed by atoms with Gasteiger partial charge >= 0.3 is 0 Å². The molecule has 0 aliphatic carbocycles. The highest BCUT2D eigenvalue weighted by Crippen LogP contribution is 2.29. The smallest absolute Gasteiger partial charge is 0.254 e. The van der Waals surface area contributed by atoms with Crippen molar-refractivity contribution in [2.24, 2.45) is 0 Å². The number of hydrogen-bond donors (Lipinski definition) is 0. The van der Waals surface area contributed by atoms with Gasteiger partial charge in [-0.15, -0.1) is 0 Å². The third kappa shape index (κ3) is 4.58. The fourth-order valence-electron chi connectivity index (χ4n) is 4.63. The molecule has 172 valence electrons. The van der Waals surface area contributed by atoms with Crippen LogP contribution in [0.1, 0.15) is 22.3 Å². The molecule has 7 nitrogen and oxygen atoms in total. The summed E-state index contributed by atoms with van der Waals surface area (Å²) in [5.74, 6) is 1.53. The lowest BCUT2D eigenvalue weighted by molar-refractivity contribution is 0.0588. The molecule has 2 saturated heterocycles. The number of aryl methyl sites for hydroxylation is 1. The molecule has 2 fully saturated rings. The second-order valence-electron chi connectivity index (χ2n) is 8.83. The second-order valence-corrected chi connectivity index (χ2v) is 11.1. The number of carbonyl (C=O) groups is 1. The Balaban J connectivity index is 1.31. The topological polar surface area (TPSA) is 83.7 Å². The molecule has 1 unspecified atom stereocenters. The molecule has 0 spiro atoms. The van der Waals surface area contributed by atoms with E-state index < -0.39 is 9.84 Å². The van der Waals surface area contributed by atoms with Crippen molar-refractivity contribution in [2.75, 3.05) is 37.7 Å². The number of sulfone groups is 1. The Bertz CT molecular complexity index is 1260. The monoisotopic (exact) mass is 465 g/mol. The van der Waals surface area contributed by atoms with E-state index in [1.165, 1.54) is 5.56 Å². The lowest BCUT2D eigenvalue weighted by Crippen LogP contribution is -2.52. The van der Waals surface area contributed by atoms with Crippen LogP contribution >= 0.6 is 0 Å². The fraction of sp³-hybridized carbons (Fsp3) is 0.360. The van der Waals surface area contributed by atoms with E-state index in [-0.39, 0.29) is 23.5 Å².